The quantitative estimate of drug-likeness (QED) is 0.898. The van der Waals surface area contributed by atoms with Gasteiger partial charge in [0.15, 0.2) is 0 Å². The van der Waals surface area contributed by atoms with Crippen LogP contribution in [0, 0.1) is 0 Å². The highest BCUT2D eigenvalue weighted by atomic mass is 32.2. The summed E-state index contributed by atoms with van der Waals surface area (Å²) in [4.78, 5) is 3.76. The van der Waals surface area contributed by atoms with E-state index in [9.17, 15) is 8.42 Å². The molecule has 0 bridgehead atoms. The lowest BCUT2D eigenvalue weighted by Gasteiger charge is -2.07. The van der Waals surface area contributed by atoms with E-state index >= 15 is 0 Å². The lowest BCUT2D eigenvalue weighted by atomic mass is 10.3. The van der Waals surface area contributed by atoms with Crippen molar-refractivity contribution in [1.82, 2.24) is 4.98 Å². The molecule has 0 fully saturated rings. The number of rotatable bonds is 4. The average Bonchev–Trinajstić information content (AvgIpc) is 2.30. The summed E-state index contributed by atoms with van der Waals surface area (Å²) < 4.78 is 30.2. The summed E-state index contributed by atoms with van der Waals surface area (Å²) in [5.74, 6) is 0.0240. The summed E-state index contributed by atoms with van der Waals surface area (Å²) in [6.07, 6.45) is 1.45. The zero-order chi connectivity index (χ0) is 12.1. The van der Waals surface area contributed by atoms with Crippen LogP contribution in [0.25, 0.3) is 0 Å². The van der Waals surface area contributed by atoms with Gasteiger partial charge in [0.25, 0.3) is 0 Å². The van der Waals surface area contributed by atoms with E-state index in [2.05, 4.69) is 9.71 Å². The van der Waals surface area contributed by atoms with Gasteiger partial charge in [0.2, 0.25) is 5.88 Å². The largest absolute Gasteiger partial charge is 0.409 e. The fourth-order valence-corrected chi connectivity index (χ4v) is 1.97. The van der Waals surface area contributed by atoms with Crippen LogP contribution in [0.5, 0.6) is 5.88 Å². The van der Waals surface area contributed by atoms with Gasteiger partial charge in [-0.15, -0.1) is 0 Å². The highest BCUT2D eigenvalue weighted by Crippen LogP contribution is 2.11. The van der Waals surface area contributed by atoms with Crippen LogP contribution in [-0.2, 0) is 10.3 Å². The molecule has 5 nitrogen and oxygen atoms in total. The molecule has 0 aliphatic heterocycles. The topological polar surface area (TPSA) is 68.3 Å². The molecule has 1 aromatic carbocycles. The van der Waals surface area contributed by atoms with Gasteiger partial charge in [-0.1, -0.05) is 24.3 Å². The summed E-state index contributed by atoms with van der Waals surface area (Å²) in [7, 11) is -3.90. The van der Waals surface area contributed by atoms with Gasteiger partial charge in [-0.25, -0.2) is 4.98 Å². The van der Waals surface area contributed by atoms with Crippen LogP contribution in [0.1, 0.15) is 0 Å². The number of aromatic nitrogens is 1. The SMILES string of the molecule is O=S(=O)(Nc1ccccc1)Oc1ccccn1. The smallest absolute Gasteiger partial charge is 0.346 e. The number of hydrogen-bond acceptors (Lipinski definition) is 4. The third-order valence-electron chi connectivity index (χ3n) is 1.85. The third-order valence-corrected chi connectivity index (χ3v) is 2.73. The van der Waals surface area contributed by atoms with E-state index in [1.807, 2.05) is 0 Å². The number of anilines is 1. The molecule has 1 heterocycles. The fourth-order valence-electron chi connectivity index (χ4n) is 1.18. The summed E-state index contributed by atoms with van der Waals surface area (Å²) >= 11 is 0. The number of hydrogen-bond donors (Lipinski definition) is 1. The Morgan fingerprint density at radius 1 is 1.00 bits per heavy atom. The standard InChI is InChI=1S/C11H10N2O3S/c14-17(15,13-10-6-2-1-3-7-10)16-11-8-4-5-9-12-11/h1-9,13H. The summed E-state index contributed by atoms with van der Waals surface area (Å²) in [6, 6.07) is 13.3. The Labute approximate surface area is 99.3 Å². The van der Waals surface area contributed by atoms with Gasteiger partial charge in [0.1, 0.15) is 0 Å². The van der Waals surface area contributed by atoms with Crippen molar-refractivity contribution in [2.75, 3.05) is 4.72 Å². The molecule has 17 heavy (non-hydrogen) atoms. The molecule has 0 aliphatic carbocycles. The second-order valence-corrected chi connectivity index (χ2v) is 4.45. The van der Waals surface area contributed by atoms with Gasteiger partial charge in [-0.05, 0) is 18.2 Å². The third kappa shape index (κ3) is 3.46. The van der Waals surface area contributed by atoms with Crippen LogP contribution in [0.15, 0.2) is 54.7 Å². The van der Waals surface area contributed by atoms with Crippen molar-refractivity contribution < 1.29 is 12.6 Å². The van der Waals surface area contributed by atoms with Gasteiger partial charge in [0, 0.05) is 12.3 Å². The first-order valence-electron chi connectivity index (χ1n) is 4.84. The minimum atomic E-state index is -3.90. The van der Waals surface area contributed by atoms with Crippen LogP contribution in [0.2, 0.25) is 0 Å². The number of benzene rings is 1. The molecule has 6 heteroatoms. The van der Waals surface area contributed by atoms with Crippen molar-refractivity contribution in [2.24, 2.45) is 0 Å². The number of para-hydroxylation sites is 1. The van der Waals surface area contributed by atoms with E-state index in [-0.39, 0.29) is 5.88 Å². The maximum Gasteiger partial charge on any atom is 0.409 e. The van der Waals surface area contributed by atoms with Gasteiger partial charge < -0.3 is 4.18 Å². The van der Waals surface area contributed by atoms with E-state index in [1.54, 1.807) is 42.5 Å². The molecule has 0 unspecified atom stereocenters. The molecule has 0 spiro atoms. The molecule has 0 saturated heterocycles. The molecule has 0 saturated carbocycles. The van der Waals surface area contributed by atoms with E-state index in [0.717, 1.165) is 0 Å². The van der Waals surface area contributed by atoms with Crippen molar-refractivity contribution >= 4 is 16.0 Å². The van der Waals surface area contributed by atoms with Crippen molar-refractivity contribution in [3.63, 3.8) is 0 Å². The maximum absolute atomic E-state index is 11.6. The summed E-state index contributed by atoms with van der Waals surface area (Å²) in [5.41, 5.74) is 0.434. The average molecular weight is 250 g/mol. The molecule has 0 aliphatic rings. The Hall–Kier alpha value is -2.08. The molecular formula is C11H10N2O3S. The highest BCUT2D eigenvalue weighted by molar-refractivity contribution is 7.88. The Balaban J connectivity index is 2.11. The minimum Gasteiger partial charge on any atom is -0.346 e. The maximum atomic E-state index is 11.6. The van der Waals surface area contributed by atoms with E-state index in [0.29, 0.717) is 5.69 Å². The van der Waals surface area contributed by atoms with Crippen molar-refractivity contribution in [3.05, 3.63) is 54.7 Å². The number of nitrogens with one attached hydrogen (secondary N) is 1. The normalized spacial score (nSPS) is 10.8. The predicted molar refractivity (Wildman–Crippen MR) is 63.8 cm³/mol. The van der Waals surface area contributed by atoms with Crippen LogP contribution < -0.4 is 8.91 Å². The zero-order valence-electron chi connectivity index (χ0n) is 8.78. The number of nitrogens with zero attached hydrogens (tertiary/aromatic N) is 1. The monoisotopic (exact) mass is 250 g/mol. The minimum absolute atomic E-state index is 0.0240. The molecule has 2 aromatic rings. The molecule has 1 N–H and O–H groups in total. The Morgan fingerprint density at radius 3 is 2.35 bits per heavy atom. The molecule has 0 atom stereocenters. The first-order chi connectivity index (χ1) is 8.16. The van der Waals surface area contributed by atoms with Crippen molar-refractivity contribution in [2.45, 2.75) is 0 Å². The Bertz CT molecular complexity index is 523. The van der Waals surface area contributed by atoms with Crippen LogP contribution in [0.3, 0.4) is 0 Å². The van der Waals surface area contributed by atoms with Crippen LogP contribution in [0.4, 0.5) is 5.69 Å². The fraction of sp³-hybridized carbons (Fsp3) is 0. The van der Waals surface area contributed by atoms with E-state index < -0.39 is 10.3 Å². The number of pyridine rings is 1. The van der Waals surface area contributed by atoms with Crippen molar-refractivity contribution in [1.29, 1.82) is 0 Å². The molecule has 88 valence electrons. The zero-order valence-corrected chi connectivity index (χ0v) is 9.59. The van der Waals surface area contributed by atoms with Crippen molar-refractivity contribution in [3.8, 4) is 5.88 Å². The molecule has 2 rings (SSSR count). The van der Waals surface area contributed by atoms with E-state index in [1.165, 1.54) is 12.3 Å². The summed E-state index contributed by atoms with van der Waals surface area (Å²) in [5, 5.41) is 0. The Kier molecular flexibility index (Phi) is 3.24. The second-order valence-electron chi connectivity index (χ2n) is 3.17. The van der Waals surface area contributed by atoms with Crippen LogP contribution in [-0.4, -0.2) is 13.4 Å². The first kappa shape index (κ1) is 11.4. The van der Waals surface area contributed by atoms with Gasteiger partial charge in [-0.3, -0.25) is 4.72 Å². The van der Waals surface area contributed by atoms with Crippen LogP contribution >= 0.6 is 0 Å². The van der Waals surface area contributed by atoms with Gasteiger partial charge in [0.05, 0.1) is 5.69 Å². The first-order valence-corrected chi connectivity index (χ1v) is 6.25. The van der Waals surface area contributed by atoms with E-state index in [4.69, 9.17) is 4.18 Å². The predicted octanol–water partition coefficient (Wildman–Crippen LogP) is 1.82. The lowest BCUT2D eigenvalue weighted by molar-refractivity contribution is 0.482. The highest BCUT2D eigenvalue weighted by Gasteiger charge is 2.12. The lowest BCUT2D eigenvalue weighted by Crippen LogP contribution is -2.19. The molecule has 0 amide bonds. The molecule has 0 radical (unpaired) electrons. The Morgan fingerprint density at radius 2 is 1.71 bits per heavy atom. The molecule has 1 aromatic heterocycles. The second kappa shape index (κ2) is 4.84. The van der Waals surface area contributed by atoms with Gasteiger partial charge in [-0.2, -0.15) is 8.42 Å². The summed E-state index contributed by atoms with van der Waals surface area (Å²) in [6.45, 7) is 0. The molecular weight excluding hydrogens is 240 g/mol. The van der Waals surface area contributed by atoms with Gasteiger partial charge >= 0.3 is 10.3 Å².